The fraction of sp³-hybridized carbons (Fsp3) is 0.364. The van der Waals surface area contributed by atoms with Crippen molar-refractivity contribution >= 4 is 6.03 Å². The van der Waals surface area contributed by atoms with E-state index in [0.717, 1.165) is 0 Å². The lowest BCUT2D eigenvalue weighted by Gasteiger charge is -2.38. The number of carbonyl (C=O) groups is 1. The molecule has 0 unspecified atom stereocenters. The Hall–Kier alpha value is -1.82. The van der Waals surface area contributed by atoms with Crippen LogP contribution in [0, 0.1) is 5.82 Å². The van der Waals surface area contributed by atoms with E-state index in [0.29, 0.717) is 18.8 Å². The van der Waals surface area contributed by atoms with Crippen LogP contribution in [0.2, 0.25) is 0 Å². The molecule has 0 aromatic heterocycles. The third-order valence-electron chi connectivity index (χ3n) is 2.46. The second kappa shape index (κ2) is 5.01. The van der Waals surface area contributed by atoms with E-state index in [1.807, 2.05) is 0 Å². The summed E-state index contributed by atoms with van der Waals surface area (Å²) in [6.45, 7) is 0.482. The second-order valence-electron chi connectivity index (χ2n) is 3.74. The molecule has 1 aliphatic heterocycles. The highest BCUT2D eigenvalue weighted by molar-refractivity contribution is 5.75. The van der Waals surface area contributed by atoms with Gasteiger partial charge < -0.3 is 20.1 Å². The molecule has 0 saturated carbocycles. The van der Waals surface area contributed by atoms with Crippen LogP contribution in [0.15, 0.2) is 24.3 Å². The fourth-order valence-corrected chi connectivity index (χ4v) is 1.59. The SMILES string of the molecule is O=C(NCO)N1CC(Oc2cccc(F)c2)C1. The number of hydrogen-bond donors (Lipinski definition) is 2. The lowest BCUT2D eigenvalue weighted by atomic mass is 10.2. The molecule has 1 aromatic rings. The minimum atomic E-state index is -0.384. The Bertz CT molecular complexity index is 407. The van der Waals surface area contributed by atoms with Crippen LogP contribution in [0.5, 0.6) is 5.75 Å². The van der Waals surface area contributed by atoms with Crippen molar-refractivity contribution in [1.29, 1.82) is 0 Å². The number of amides is 2. The number of benzene rings is 1. The van der Waals surface area contributed by atoms with E-state index in [1.54, 1.807) is 12.1 Å². The molecule has 2 amide bonds. The van der Waals surface area contributed by atoms with E-state index < -0.39 is 0 Å². The molecule has 0 spiro atoms. The first-order chi connectivity index (χ1) is 8.19. The van der Waals surface area contributed by atoms with E-state index in [1.165, 1.54) is 17.0 Å². The lowest BCUT2D eigenvalue weighted by molar-refractivity contribution is 0.0419. The predicted octanol–water partition coefficient (Wildman–Crippen LogP) is 0.548. The molecule has 1 aromatic carbocycles. The van der Waals surface area contributed by atoms with Crippen molar-refractivity contribution in [3.05, 3.63) is 30.1 Å². The number of aliphatic hydroxyl groups excluding tert-OH is 1. The average Bonchev–Trinajstić information content (AvgIpc) is 2.23. The number of rotatable bonds is 3. The number of urea groups is 1. The van der Waals surface area contributed by atoms with Gasteiger partial charge in [0.1, 0.15) is 24.4 Å². The molecule has 2 N–H and O–H groups in total. The number of aliphatic hydroxyl groups is 1. The molecule has 0 radical (unpaired) electrons. The number of carbonyl (C=O) groups excluding carboxylic acids is 1. The molecule has 0 atom stereocenters. The van der Waals surface area contributed by atoms with Crippen molar-refractivity contribution in [1.82, 2.24) is 10.2 Å². The summed E-state index contributed by atoms with van der Waals surface area (Å²) in [5.41, 5.74) is 0. The van der Waals surface area contributed by atoms with Crippen molar-refractivity contribution in [3.63, 3.8) is 0 Å². The largest absolute Gasteiger partial charge is 0.487 e. The zero-order valence-corrected chi connectivity index (χ0v) is 9.10. The van der Waals surface area contributed by atoms with E-state index in [9.17, 15) is 9.18 Å². The summed E-state index contributed by atoms with van der Waals surface area (Å²) in [5, 5.41) is 10.8. The molecule has 17 heavy (non-hydrogen) atoms. The maximum Gasteiger partial charge on any atom is 0.319 e. The molecular formula is C11H13FN2O3. The van der Waals surface area contributed by atoms with Crippen molar-refractivity contribution < 1.29 is 19.0 Å². The summed E-state index contributed by atoms with van der Waals surface area (Å²) in [7, 11) is 0. The number of nitrogens with one attached hydrogen (secondary N) is 1. The summed E-state index contributed by atoms with van der Waals surface area (Å²) in [4.78, 5) is 12.7. The van der Waals surface area contributed by atoms with Gasteiger partial charge in [-0.15, -0.1) is 0 Å². The second-order valence-corrected chi connectivity index (χ2v) is 3.74. The predicted molar refractivity (Wildman–Crippen MR) is 58.0 cm³/mol. The minimum Gasteiger partial charge on any atom is -0.487 e. The summed E-state index contributed by atoms with van der Waals surface area (Å²) < 4.78 is 18.3. The van der Waals surface area contributed by atoms with E-state index >= 15 is 0 Å². The molecule has 1 aliphatic rings. The number of hydrogen-bond acceptors (Lipinski definition) is 3. The zero-order chi connectivity index (χ0) is 12.3. The van der Waals surface area contributed by atoms with Crippen LogP contribution < -0.4 is 10.1 Å². The normalized spacial score (nSPS) is 15.3. The highest BCUT2D eigenvalue weighted by Crippen LogP contribution is 2.18. The molecule has 5 nitrogen and oxygen atoms in total. The molecule has 6 heteroatoms. The highest BCUT2D eigenvalue weighted by Gasteiger charge is 2.32. The van der Waals surface area contributed by atoms with Gasteiger partial charge in [-0.3, -0.25) is 0 Å². The number of likely N-dealkylation sites (tertiary alicyclic amines) is 1. The summed E-state index contributed by atoms with van der Waals surface area (Å²) in [6, 6.07) is 5.55. The summed E-state index contributed by atoms with van der Waals surface area (Å²) in [5.74, 6) is 0.105. The fourth-order valence-electron chi connectivity index (χ4n) is 1.59. The topological polar surface area (TPSA) is 61.8 Å². The van der Waals surface area contributed by atoms with E-state index in [4.69, 9.17) is 9.84 Å². The van der Waals surface area contributed by atoms with Crippen LogP contribution in [0.1, 0.15) is 0 Å². The van der Waals surface area contributed by atoms with Crippen LogP contribution in [0.3, 0.4) is 0 Å². The van der Waals surface area contributed by atoms with Gasteiger partial charge in [0, 0.05) is 6.07 Å². The van der Waals surface area contributed by atoms with Gasteiger partial charge in [-0.2, -0.15) is 0 Å². The van der Waals surface area contributed by atoms with Crippen LogP contribution in [-0.4, -0.2) is 42.0 Å². The quantitative estimate of drug-likeness (QED) is 0.758. The zero-order valence-electron chi connectivity index (χ0n) is 9.10. The molecular weight excluding hydrogens is 227 g/mol. The third kappa shape index (κ3) is 2.85. The van der Waals surface area contributed by atoms with Gasteiger partial charge in [0.25, 0.3) is 0 Å². The first-order valence-corrected chi connectivity index (χ1v) is 5.25. The first kappa shape index (κ1) is 11.7. The van der Waals surface area contributed by atoms with E-state index in [-0.39, 0.29) is 24.7 Å². The Morgan fingerprint density at radius 2 is 2.35 bits per heavy atom. The molecule has 1 heterocycles. The monoisotopic (exact) mass is 240 g/mol. The molecule has 1 fully saturated rings. The van der Waals surface area contributed by atoms with Crippen molar-refractivity contribution in [3.8, 4) is 5.75 Å². The molecule has 92 valence electrons. The van der Waals surface area contributed by atoms with Gasteiger partial charge in [-0.25, -0.2) is 9.18 Å². The van der Waals surface area contributed by atoms with Gasteiger partial charge in [0.05, 0.1) is 13.1 Å². The van der Waals surface area contributed by atoms with Crippen LogP contribution in [0.4, 0.5) is 9.18 Å². The van der Waals surface area contributed by atoms with Gasteiger partial charge in [0.2, 0.25) is 0 Å². The van der Waals surface area contributed by atoms with Gasteiger partial charge >= 0.3 is 6.03 Å². The first-order valence-electron chi connectivity index (χ1n) is 5.25. The molecule has 0 aliphatic carbocycles. The van der Waals surface area contributed by atoms with Crippen molar-refractivity contribution in [2.24, 2.45) is 0 Å². The van der Waals surface area contributed by atoms with Crippen LogP contribution >= 0.6 is 0 Å². The van der Waals surface area contributed by atoms with Gasteiger partial charge in [0.15, 0.2) is 0 Å². The van der Waals surface area contributed by atoms with Crippen LogP contribution in [0.25, 0.3) is 0 Å². The Morgan fingerprint density at radius 1 is 1.59 bits per heavy atom. The average molecular weight is 240 g/mol. The number of nitrogens with zero attached hydrogens (tertiary/aromatic N) is 1. The van der Waals surface area contributed by atoms with Crippen molar-refractivity contribution in [2.75, 3.05) is 19.8 Å². The maximum absolute atomic E-state index is 12.9. The van der Waals surface area contributed by atoms with Crippen LogP contribution in [-0.2, 0) is 0 Å². The number of ether oxygens (including phenoxy) is 1. The smallest absolute Gasteiger partial charge is 0.319 e. The molecule has 2 rings (SSSR count). The van der Waals surface area contributed by atoms with Gasteiger partial charge in [-0.05, 0) is 12.1 Å². The number of halogens is 1. The Balaban J connectivity index is 1.79. The minimum absolute atomic E-state index is 0.124. The lowest BCUT2D eigenvalue weighted by Crippen LogP contribution is -2.58. The molecule has 1 saturated heterocycles. The summed E-state index contributed by atoms with van der Waals surface area (Å²) >= 11 is 0. The summed E-state index contributed by atoms with van der Waals surface area (Å²) in [6.07, 6.45) is -0.124. The Kier molecular flexibility index (Phi) is 3.43. The standard InChI is InChI=1S/C11H13FN2O3/c12-8-2-1-3-9(4-8)17-10-5-14(6-10)11(16)13-7-15/h1-4,10,15H,5-7H2,(H,13,16). The van der Waals surface area contributed by atoms with Crippen molar-refractivity contribution in [2.45, 2.75) is 6.10 Å². The van der Waals surface area contributed by atoms with Gasteiger partial charge in [-0.1, -0.05) is 6.07 Å². The van der Waals surface area contributed by atoms with E-state index in [2.05, 4.69) is 5.32 Å². The molecule has 0 bridgehead atoms. The third-order valence-corrected chi connectivity index (χ3v) is 2.46. The highest BCUT2D eigenvalue weighted by atomic mass is 19.1. The maximum atomic E-state index is 12.9. The Labute approximate surface area is 97.8 Å². The Morgan fingerprint density at radius 3 is 3.00 bits per heavy atom.